The summed E-state index contributed by atoms with van der Waals surface area (Å²) < 4.78 is 10.8. The van der Waals surface area contributed by atoms with Crippen molar-refractivity contribution in [1.29, 1.82) is 0 Å². The number of fused-ring (bicyclic) bond motifs is 1. The van der Waals surface area contributed by atoms with Crippen LogP contribution in [0.25, 0.3) is 10.9 Å². The lowest BCUT2D eigenvalue weighted by Gasteiger charge is -2.21. The van der Waals surface area contributed by atoms with Gasteiger partial charge in [-0.2, -0.15) is 4.98 Å². The summed E-state index contributed by atoms with van der Waals surface area (Å²) in [5.74, 6) is 1.75. The minimum atomic E-state index is -0.329. The molecule has 1 fully saturated rings. The highest BCUT2D eigenvalue weighted by Crippen LogP contribution is 2.35. The Bertz CT molecular complexity index is 1240. The molecule has 0 bridgehead atoms. The Morgan fingerprint density at radius 1 is 1.22 bits per heavy atom. The number of aryl methyl sites for hydroxylation is 1. The molecule has 1 atom stereocenters. The van der Waals surface area contributed by atoms with E-state index in [1.165, 1.54) is 0 Å². The van der Waals surface area contributed by atoms with Gasteiger partial charge < -0.3 is 24.3 Å². The van der Waals surface area contributed by atoms with Gasteiger partial charge in [-0.3, -0.25) is 9.59 Å². The quantitative estimate of drug-likeness (QED) is 0.638. The largest absolute Gasteiger partial charge is 0.493 e. The van der Waals surface area contributed by atoms with Gasteiger partial charge in [0, 0.05) is 43.4 Å². The number of hydrogen-bond donors (Lipinski definition) is 1. The lowest BCUT2D eigenvalue weighted by molar-refractivity contribution is -0.119. The molecule has 2 aromatic carbocycles. The van der Waals surface area contributed by atoms with Gasteiger partial charge >= 0.3 is 0 Å². The molecule has 1 saturated heterocycles. The Morgan fingerprint density at radius 2 is 2.00 bits per heavy atom. The molecule has 0 saturated carbocycles. The number of nitrogens with zero attached hydrogens (tertiary/aromatic N) is 3. The lowest BCUT2D eigenvalue weighted by atomic mass is 10.1. The van der Waals surface area contributed by atoms with Crippen molar-refractivity contribution < 1.29 is 14.3 Å². The van der Waals surface area contributed by atoms with Gasteiger partial charge in [0.2, 0.25) is 11.9 Å². The fourth-order valence-electron chi connectivity index (χ4n) is 4.28. The SMILES string of the molecule is COc1cc2[nH]c(N(C)Cc3cccc(N4CCC(C)C4=O)c3)nc(=O)c2c(C)c1OC. The number of anilines is 2. The highest BCUT2D eigenvalue weighted by Gasteiger charge is 2.29. The number of hydrogen-bond acceptors (Lipinski definition) is 6. The average Bonchev–Trinajstić information content (AvgIpc) is 3.11. The third-order valence-electron chi connectivity index (χ3n) is 6.05. The molecule has 8 nitrogen and oxygen atoms in total. The predicted molar refractivity (Wildman–Crippen MR) is 125 cm³/mol. The third-order valence-corrected chi connectivity index (χ3v) is 6.05. The molecule has 0 spiro atoms. The summed E-state index contributed by atoms with van der Waals surface area (Å²) >= 11 is 0. The van der Waals surface area contributed by atoms with E-state index < -0.39 is 0 Å². The van der Waals surface area contributed by atoms with Gasteiger partial charge in [0.1, 0.15) is 0 Å². The number of methoxy groups -OCH3 is 2. The van der Waals surface area contributed by atoms with Crippen molar-refractivity contribution in [3.05, 3.63) is 51.8 Å². The number of nitrogens with one attached hydrogen (secondary N) is 1. The number of amides is 1. The van der Waals surface area contributed by atoms with Crippen molar-refractivity contribution in [1.82, 2.24) is 9.97 Å². The zero-order valence-electron chi connectivity index (χ0n) is 19.1. The number of ether oxygens (including phenoxy) is 2. The monoisotopic (exact) mass is 436 g/mol. The highest BCUT2D eigenvalue weighted by atomic mass is 16.5. The highest BCUT2D eigenvalue weighted by molar-refractivity contribution is 5.97. The maximum Gasteiger partial charge on any atom is 0.282 e. The maximum atomic E-state index is 12.8. The van der Waals surface area contributed by atoms with E-state index in [1.54, 1.807) is 20.3 Å². The van der Waals surface area contributed by atoms with Gasteiger partial charge in [0.05, 0.1) is 25.1 Å². The molecule has 32 heavy (non-hydrogen) atoms. The number of aromatic amines is 1. The Hall–Kier alpha value is -3.55. The normalized spacial score (nSPS) is 16.0. The standard InChI is InChI=1S/C24H28N4O4/c1-14-9-10-28(23(14)30)17-8-6-7-16(11-17)13-27(3)24-25-18-12-19(31-4)21(32-5)15(2)20(18)22(29)26-24/h6-8,11-12,14H,9-10,13H2,1-5H3,(H,25,26,29). The van der Waals surface area contributed by atoms with E-state index >= 15 is 0 Å². The van der Waals surface area contributed by atoms with Crippen molar-refractivity contribution in [2.45, 2.75) is 26.8 Å². The average molecular weight is 437 g/mol. The van der Waals surface area contributed by atoms with E-state index in [2.05, 4.69) is 9.97 Å². The topological polar surface area (TPSA) is 87.8 Å². The van der Waals surface area contributed by atoms with E-state index in [9.17, 15) is 9.59 Å². The molecule has 1 amide bonds. The molecule has 4 rings (SSSR count). The molecule has 3 aromatic rings. The molecule has 0 radical (unpaired) electrons. The second-order valence-electron chi connectivity index (χ2n) is 8.23. The van der Waals surface area contributed by atoms with Crippen LogP contribution in [0.4, 0.5) is 11.6 Å². The molecule has 0 aliphatic carbocycles. The Balaban J connectivity index is 1.65. The van der Waals surface area contributed by atoms with Crippen LogP contribution in [0.1, 0.15) is 24.5 Å². The Morgan fingerprint density at radius 3 is 2.66 bits per heavy atom. The van der Waals surface area contributed by atoms with Gasteiger partial charge in [-0.25, -0.2) is 0 Å². The molecule has 1 aliphatic heterocycles. The van der Waals surface area contributed by atoms with Gasteiger partial charge in [-0.05, 0) is 31.0 Å². The predicted octanol–water partition coefficient (Wildman–Crippen LogP) is 3.26. The summed E-state index contributed by atoms with van der Waals surface area (Å²) in [7, 11) is 4.98. The van der Waals surface area contributed by atoms with Crippen LogP contribution < -0.4 is 24.8 Å². The first-order valence-electron chi connectivity index (χ1n) is 10.6. The fraction of sp³-hybridized carbons (Fsp3) is 0.375. The van der Waals surface area contributed by atoms with Crippen molar-refractivity contribution in [2.24, 2.45) is 5.92 Å². The molecule has 1 N–H and O–H groups in total. The molecule has 1 unspecified atom stereocenters. The van der Waals surface area contributed by atoms with E-state index in [1.807, 2.05) is 55.0 Å². The van der Waals surface area contributed by atoms with Crippen LogP contribution in [0.15, 0.2) is 35.1 Å². The molecule has 2 heterocycles. The number of benzene rings is 2. The van der Waals surface area contributed by atoms with E-state index in [-0.39, 0.29) is 17.4 Å². The molecule has 1 aliphatic rings. The van der Waals surface area contributed by atoms with E-state index in [4.69, 9.17) is 9.47 Å². The number of H-pyrrole nitrogens is 1. The smallest absolute Gasteiger partial charge is 0.282 e. The first kappa shape index (κ1) is 21.7. The van der Waals surface area contributed by atoms with Crippen LogP contribution in [-0.4, -0.2) is 43.7 Å². The first-order chi connectivity index (χ1) is 15.3. The van der Waals surface area contributed by atoms with E-state index in [0.717, 1.165) is 24.2 Å². The minimum Gasteiger partial charge on any atom is -0.493 e. The van der Waals surface area contributed by atoms with Crippen LogP contribution in [0, 0.1) is 12.8 Å². The number of rotatable bonds is 6. The molecular weight excluding hydrogens is 408 g/mol. The van der Waals surface area contributed by atoms with Crippen LogP contribution >= 0.6 is 0 Å². The lowest BCUT2D eigenvalue weighted by Crippen LogP contribution is -2.26. The van der Waals surface area contributed by atoms with Crippen LogP contribution in [0.2, 0.25) is 0 Å². The minimum absolute atomic E-state index is 0.0623. The summed E-state index contributed by atoms with van der Waals surface area (Å²) in [4.78, 5) is 36.5. The molecule has 1 aromatic heterocycles. The zero-order valence-corrected chi connectivity index (χ0v) is 19.1. The summed E-state index contributed by atoms with van der Waals surface area (Å²) in [6, 6.07) is 9.68. The molecular formula is C24H28N4O4. The Kier molecular flexibility index (Phi) is 5.78. The van der Waals surface area contributed by atoms with Gasteiger partial charge in [0.25, 0.3) is 5.56 Å². The number of aromatic nitrogens is 2. The van der Waals surface area contributed by atoms with Crippen molar-refractivity contribution >= 4 is 28.4 Å². The van der Waals surface area contributed by atoms with E-state index in [0.29, 0.717) is 40.5 Å². The van der Waals surface area contributed by atoms with Crippen LogP contribution in [-0.2, 0) is 11.3 Å². The summed E-state index contributed by atoms with van der Waals surface area (Å²) in [6.07, 6.45) is 0.874. The maximum absolute atomic E-state index is 12.8. The number of carbonyl (C=O) groups excluding carboxylic acids is 1. The molecule has 168 valence electrons. The van der Waals surface area contributed by atoms with Crippen molar-refractivity contribution in [3.8, 4) is 11.5 Å². The van der Waals surface area contributed by atoms with Gasteiger partial charge in [-0.1, -0.05) is 19.1 Å². The van der Waals surface area contributed by atoms with Gasteiger partial charge in [-0.15, -0.1) is 0 Å². The second kappa shape index (κ2) is 8.53. The summed E-state index contributed by atoms with van der Waals surface area (Å²) in [5, 5.41) is 0.475. The fourth-order valence-corrected chi connectivity index (χ4v) is 4.28. The third kappa shape index (κ3) is 3.77. The summed E-state index contributed by atoms with van der Waals surface area (Å²) in [5.41, 5.74) is 2.90. The van der Waals surface area contributed by atoms with Crippen molar-refractivity contribution in [3.63, 3.8) is 0 Å². The number of carbonyl (C=O) groups is 1. The second-order valence-corrected chi connectivity index (χ2v) is 8.23. The van der Waals surface area contributed by atoms with Crippen molar-refractivity contribution in [2.75, 3.05) is 37.6 Å². The Labute approximate surface area is 186 Å². The van der Waals surface area contributed by atoms with Gasteiger partial charge in [0.15, 0.2) is 11.5 Å². The first-order valence-corrected chi connectivity index (χ1v) is 10.6. The van der Waals surface area contributed by atoms with Crippen LogP contribution in [0.5, 0.6) is 11.5 Å². The summed E-state index contributed by atoms with van der Waals surface area (Å²) in [6.45, 7) is 5.04. The zero-order chi connectivity index (χ0) is 23.0. The van der Waals surface area contributed by atoms with Crippen LogP contribution in [0.3, 0.4) is 0 Å². The molecule has 8 heteroatoms.